The Balaban J connectivity index is 1.90. The number of hydrogen-bond donors (Lipinski definition) is 1. The molecule has 0 aliphatic heterocycles. The molecule has 2 aromatic rings. The van der Waals surface area contributed by atoms with Gasteiger partial charge in [0.05, 0.1) is 6.04 Å². The third-order valence-corrected chi connectivity index (χ3v) is 6.87. The summed E-state index contributed by atoms with van der Waals surface area (Å²) in [5.74, 6) is 0. The number of nitrogens with one attached hydrogen (secondary N) is 1. The van der Waals surface area contributed by atoms with Crippen molar-refractivity contribution in [3.05, 3.63) is 43.3 Å². The molecule has 1 nitrogen and oxygen atoms in total. The first kappa shape index (κ1) is 15.3. The van der Waals surface area contributed by atoms with Gasteiger partial charge in [-0.1, -0.05) is 20.3 Å². The van der Waals surface area contributed by atoms with E-state index >= 15 is 0 Å². The van der Waals surface area contributed by atoms with Crippen molar-refractivity contribution in [2.75, 3.05) is 6.54 Å². The van der Waals surface area contributed by atoms with Gasteiger partial charge in [0.15, 0.2) is 0 Å². The summed E-state index contributed by atoms with van der Waals surface area (Å²) in [6, 6.07) is 7.51. The van der Waals surface area contributed by atoms with Crippen molar-refractivity contribution in [1.29, 1.82) is 0 Å². The minimum atomic E-state index is 0.400. The molecule has 3 rings (SSSR count). The molecule has 0 spiro atoms. The van der Waals surface area contributed by atoms with Crippen LogP contribution in [0.15, 0.2) is 18.2 Å². The molecule has 1 N–H and O–H groups in total. The van der Waals surface area contributed by atoms with Crippen molar-refractivity contribution < 1.29 is 0 Å². The molecule has 0 amide bonds. The summed E-state index contributed by atoms with van der Waals surface area (Å²) in [6.45, 7) is 5.47. The number of aryl methyl sites for hydroxylation is 3. The fourth-order valence-electron chi connectivity index (χ4n) is 3.12. The van der Waals surface area contributed by atoms with E-state index in [0.717, 1.165) is 13.0 Å². The highest BCUT2D eigenvalue weighted by molar-refractivity contribution is 7.13. The molecule has 0 saturated carbocycles. The average molecular weight is 320 g/mol. The van der Waals surface area contributed by atoms with E-state index in [2.05, 4.69) is 48.7 Å². The Bertz CT molecular complexity index is 558. The number of hydrogen-bond acceptors (Lipinski definition) is 3. The van der Waals surface area contributed by atoms with Crippen LogP contribution < -0.4 is 5.32 Å². The van der Waals surface area contributed by atoms with E-state index in [9.17, 15) is 0 Å². The van der Waals surface area contributed by atoms with Gasteiger partial charge in [0.2, 0.25) is 0 Å². The molecule has 1 unspecified atom stereocenters. The average Bonchev–Trinajstić information content (AvgIpc) is 3.07. The van der Waals surface area contributed by atoms with Crippen LogP contribution in [0.25, 0.3) is 0 Å². The van der Waals surface area contributed by atoms with Gasteiger partial charge in [-0.25, -0.2) is 0 Å². The molecule has 1 atom stereocenters. The van der Waals surface area contributed by atoms with Gasteiger partial charge in [-0.2, -0.15) is 0 Å². The summed E-state index contributed by atoms with van der Waals surface area (Å²) >= 11 is 4.02. The summed E-state index contributed by atoms with van der Waals surface area (Å²) in [4.78, 5) is 6.14. The number of rotatable bonds is 5. The zero-order valence-corrected chi connectivity index (χ0v) is 14.7. The van der Waals surface area contributed by atoms with E-state index in [1.165, 1.54) is 46.7 Å². The Hall–Kier alpha value is -0.640. The van der Waals surface area contributed by atoms with Crippen LogP contribution in [-0.2, 0) is 19.3 Å². The van der Waals surface area contributed by atoms with Crippen LogP contribution in [-0.4, -0.2) is 6.54 Å². The molecule has 0 bridgehead atoms. The molecule has 21 heavy (non-hydrogen) atoms. The molecule has 3 heteroatoms. The number of fused-ring (bicyclic) bond motifs is 1. The zero-order valence-electron chi connectivity index (χ0n) is 13.1. The van der Waals surface area contributed by atoms with Gasteiger partial charge in [-0.05, 0) is 62.4 Å². The fourth-order valence-corrected chi connectivity index (χ4v) is 5.59. The van der Waals surface area contributed by atoms with Crippen molar-refractivity contribution >= 4 is 22.7 Å². The first-order valence-corrected chi connectivity index (χ1v) is 9.88. The maximum atomic E-state index is 3.70. The van der Waals surface area contributed by atoms with E-state index in [1.54, 1.807) is 10.4 Å². The highest BCUT2D eigenvalue weighted by Crippen LogP contribution is 2.37. The van der Waals surface area contributed by atoms with Crippen LogP contribution >= 0.6 is 22.7 Å². The molecule has 2 heterocycles. The molecular weight excluding hydrogens is 294 g/mol. The van der Waals surface area contributed by atoms with E-state index < -0.39 is 0 Å². The fraction of sp³-hybridized carbons (Fsp3) is 0.556. The lowest BCUT2D eigenvalue weighted by Crippen LogP contribution is -2.20. The van der Waals surface area contributed by atoms with Crippen molar-refractivity contribution in [1.82, 2.24) is 5.32 Å². The van der Waals surface area contributed by atoms with E-state index in [1.807, 2.05) is 11.3 Å². The first-order chi connectivity index (χ1) is 10.3. The molecule has 2 aromatic heterocycles. The van der Waals surface area contributed by atoms with Crippen LogP contribution in [0.1, 0.15) is 64.2 Å². The minimum Gasteiger partial charge on any atom is -0.305 e. The summed E-state index contributed by atoms with van der Waals surface area (Å²) < 4.78 is 0. The molecule has 114 valence electrons. The van der Waals surface area contributed by atoms with Gasteiger partial charge in [0.1, 0.15) is 0 Å². The predicted octanol–water partition coefficient (Wildman–Crippen LogP) is 5.34. The Morgan fingerprint density at radius 1 is 1.05 bits per heavy atom. The lowest BCUT2D eigenvalue weighted by Gasteiger charge is -2.14. The molecule has 0 fully saturated rings. The Kier molecular flexibility index (Phi) is 5.15. The van der Waals surface area contributed by atoms with E-state index in [0.29, 0.717) is 6.04 Å². The zero-order chi connectivity index (χ0) is 14.7. The predicted molar refractivity (Wildman–Crippen MR) is 94.8 cm³/mol. The SMILES string of the molecule is CCNC(c1ccc(CC)s1)c1cc2c(s1)CCCCC2. The molecule has 0 saturated heterocycles. The molecule has 0 aromatic carbocycles. The lowest BCUT2D eigenvalue weighted by molar-refractivity contribution is 0.648. The summed E-state index contributed by atoms with van der Waals surface area (Å²) in [6.07, 6.45) is 7.87. The lowest BCUT2D eigenvalue weighted by atomic mass is 10.1. The van der Waals surface area contributed by atoms with E-state index in [4.69, 9.17) is 0 Å². The highest BCUT2D eigenvalue weighted by Gasteiger charge is 2.20. The van der Waals surface area contributed by atoms with Gasteiger partial charge in [-0.3, -0.25) is 0 Å². The maximum Gasteiger partial charge on any atom is 0.0765 e. The third-order valence-electron chi connectivity index (χ3n) is 4.27. The molecule has 1 aliphatic rings. The first-order valence-electron chi connectivity index (χ1n) is 8.25. The van der Waals surface area contributed by atoms with Gasteiger partial charge >= 0.3 is 0 Å². The van der Waals surface area contributed by atoms with Crippen LogP contribution in [0.3, 0.4) is 0 Å². The Labute approximate surface area is 136 Å². The summed E-state index contributed by atoms with van der Waals surface area (Å²) in [7, 11) is 0. The second-order valence-electron chi connectivity index (χ2n) is 5.81. The van der Waals surface area contributed by atoms with E-state index in [-0.39, 0.29) is 0 Å². The maximum absolute atomic E-state index is 3.70. The second-order valence-corrected chi connectivity index (χ2v) is 8.17. The smallest absolute Gasteiger partial charge is 0.0765 e. The van der Waals surface area contributed by atoms with Gasteiger partial charge < -0.3 is 5.32 Å². The van der Waals surface area contributed by atoms with Crippen molar-refractivity contribution in [2.24, 2.45) is 0 Å². The van der Waals surface area contributed by atoms with Gasteiger partial charge in [0, 0.05) is 19.5 Å². The third kappa shape index (κ3) is 3.41. The second kappa shape index (κ2) is 7.08. The standard InChI is InChI=1S/C18H25NS2/c1-3-14-10-11-16(20-14)18(19-4-2)17-12-13-8-6-5-7-9-15(13)21-17/h10-12,18-19H,3-9H2,1-2H3. The van der Waals surface area contributed by atoms with Crippen molar-refractivity contribution in [3.63, 3.8) is 0 Å². The van der Waals surface area contributed by atoms with Crippen molar-refractivity contribution in [3.8, 4) is 0 Å². The van der Waals surface area contributed by atoms with Gasteiger partial charge in [-0.15, -0.1) is 22.7 Å². The highest BCUT2D eigenvalue weighted by atomic mass is 32.1. The largest absolute Gasteiger partial charge is 0.305 e. The normalized spacial score (nSPS) is 16.5. The van der Waals surface area contributed by atoms with Crippen LogP contribution in [0.4, 0.5) is 0 Å². The topological polar surface area (TPSA) is 12.0 Å². The summed E-state index contributed by atoms with van der Waals surface area (Å²) in [5.41, 5.74) is 1.63. The molecule has 0 radical (unpaired) electrons. The summed E-state index contributed by atoms with van der Waals surface area (Å²) in [5, 5.41) is 3.70. The number of thiophene rings is 2. The monoisotopic (exact) mass is 319 g/mol. The van der Waals surface area contributed by atoms with Crippen LogP contribution in [0.2, 0.25) is 0 Å². The quantitative estimate of drug-likeness (QED) is 0.734. The Morgan fingerprint density at radius 2 is 1.90 bits per heavy atom. The molecular formula is C18H25NS2. The van der Waals surface area contributed by atoms with Crippen LogP contribution in [0.5, 0.6) is 0 Å². The molecule has 1 aliphatic carbocycles. The van der Waals surface area contributed by atoms with Crippen LogP contribution in [0, 0.1) is 0 Å². The van der Waals surface area contributed by atoms with Gasteiger partial charge in [0.25, 0.3) is 0 Å². The minimum absolute atomic E-state index is 0.400. The van der Waals surface area contributed by atoms with Crippen molar-refractivity contribution in [2.45, 2.75) is 58.4 Å². The Morgan fingerprint density at radius 3 is 2.67 bits per heavy atom.